The highest BCUT2D eigenvalue weighted by Gasteiger charge is 2.01. The van der Waals surface area contributed by atoms with Crippen LogP contribution in [0.15, 0.2) is 30.6 Å². The number of ether oxygens (including phenoxy) is 1. The Morgan fingerprint density at radius 1 is 1.50 bits per heavy atom. The van der Waals surface area contributed by atoms with Crippen LogP contribution in [0.5, 0.6) is 0 Å². The molecule has 0 spiro atoms. The number of carbonyl (C=O) groups is 1. The summed E-state index contributed by atoms with van der Waals surface area (Å²) in [6.45, 7) is 1.49. The van der Waals surface area contributed by atoms with Crippen molar-refractivity contribution in [2.75, 3.05) is 13.7 Å². The number of esters is 1. The van der Waals surface area contributed by atoms with Gasteiger partial charge in [0.15, 0.2) is 0 Å². The summed E-state index contributed by atoms with van der Waals surface area (Å²) in [4.78, 5) is 15.4. The molecular formula is C13H17N3O2. The monoisotopic (exact) mass is 247 g/mol. The van der Waals surface area contributed by atoms with Crippen LogP contribution in [-0.2, 0) is 16.1 Å². The quantitative estimate of drug-likeness (QED) is 0.619. The summed E-state index contributed by atoms with van der Waals surface area (Å²) in [5.41, 5.74) is 1.95. The largest absolute Gasteiger partial charge is 0.469 e. The maximum absolute atomic E-state index is 10.9. The SMILES string of the molecule is COC(=O)CCCNCc1cn2ccccc2n1. The van der Waals surface area contributed by atoms with Gasteiger partial charge >= 0.3 is 5.97 Å². The average molecular weight is 247 g/mol. The van der Waals surface area contributed by atoms with Gasteiger partial charge in [0.25, 0.3) is 0 Å². The first-order valence-electron chi connectivity index (χ1n) is 6.00. The van der Waals surface area contributed by atoms with E-state index >= 15 is 0 Å². The van der Waals surface area contributed by atoms with Gasteiger partial charge in [-0.3, -0.25) is 4.79 Å². The van der Waals surface area contributed by atoms with Gasteiger partial charge in [-0.05, 0) is 25.1 Å². The molecule has 0 aliphatic carbocycles. The first-order valence-corrected chi connectivity index (χ1v) is 6.00. The second-order valence-corrected chi connectivity index (χ2v) is 4.05. The van der Waals surface area contributed by atoms with Gasteiger partial charge in [-0.2, -0.15) is 0 Å². The molecule has 96 valence electrons. The molecule has 0 amide bonds. The summed E-state index contributed by atoms with van der Waals surface area (Å²) in [5.74, 6) is -0.162. The Balaban J connectivity index is 1.75. The second-order valence-electron chi connectivity index (χ2n) is 4.05. The minimum absolute atomic E-state index is 0.162. The lowest BCUT2D eigenvalue weighted by atomic mass is 10.3. The molecule has 0 fully saturated rings. The van der Waals surface area contributed by atoms with E-state index in [1.165, 1.54) is 7.11 Å². The van der Waals surface area contributed by atoms with Crippen molar-refractivity contribution in [3.8, 4) is 0 Å². The van der Waals surface area contributed by atoms with Crippen molar-refractivity contribution in [1.29, 1.82) is 0 Å². The van der Waals surface area contributed by atoms with E-state index in [4.69, 9.17) is 0 Å². The molecule has 1 N–H and O–H groups in total. The average Bonchev–Trinajstić information content (AvgIpc) is 2.80. The molecule has 2 aromatic rings. The molecule has 5 heteroatoms. The predicted molar refractivity (Wildman–Crippen MR) is 68.1 cm³/mol. The van der Waals surface area contributed by atoms with E-state index in [2.05, 4.69) is 15.0 Å². The van der Waals surface area contributed by atoms with Crippen LogP contribution in [0.25, 0.3) is 5.65 Å². The normalized spacial score (nSPS) is 10.7. The maximum atomic E-state index is 10.9. The minimum atomic E-state index is -0.162. The topological polar surface area (TPSA) is 55.6 Å². The molecule has 0 saturated heterocycles. The van der Waals surface area contributed by atoms with Crippen molar-refractivity contribution < 1.29 is 9.53 Å². The van der Waals surface area contributed by atoms with Crippen molar-refractivity contribution >= 4 is 11.6 Å². The fourth-order valence-electron chi connectivity index (χ4n) is 1.75. The zero-order chi connectivity index (χ0) is 12.8. The smallest absolute Gasteiger partial charge is 0.305 e. The lowest BCUT2D eigenvalue weighted by molar-refractivity contribution is -0.140. The molecule has 0 atom stereocenters. The number of rotatable bonds is 6. The summed E-state index contributed by atoms with van der Waals surface area (Å²) >= 11 is 0. The van der Waals surface area contributed by atoms with Crippen LogP contribution in [0.2, 0.25) is 0 Å². The number of fused-ring (bicyclic) bond motifs is 1. The van der Waals surface area contributed by atoms with Crippen molar-refractivity contribution in [3.05, 3.63) is 36.3 Å². The lowest BCUT2D eigenvalue weighted by Crippen LogP contribution is -2.16. The van der Waals surface area contributed by atoms with Crippen LogP contribution in [-0.4, -0.2) is 29.0 Å². The van der Waals surface area contributed by atoms with Crippen LogP contribution in [0.4, 0.5) is 0 Å². The highest BCUT2D eigenvalue weighted by Crippen LogP contribution is 2.04. The highest BCUT2D eigenvalue weighted by atomic mass is 16.5. The Morgan fingerprint density at radius 3 is 3.17 bits per heavy atom. The van der Waals surface area contributed by atoms with Gasteiger partial charge in [0, 0.05) is 25.4 Å². The van der Waals surface area contributed by atoms with Gasteiger partial charge in [0.05, 0.1) is 12.8 Å². The number of nitrogens with one attached hydrogen (secondary N) is 1. The van der Waals surface area contributed by atoms with E-state index in [0.29, 0.717) is 13.0 Å². The van der Waals surface area contributed by atoms with E-state index in [1.807, 2.05) is 35.0 Å². The standard InChI is InChI=1S/C13H17N3O2/c1-18-13(17)6-4-7-14-9-11-10-16-8-3-2-5-12(16)15-11/h2-3,5,8,10,14H,4,6-7,9H2,1H3. The number of imidazole rings is 1. The number of pyridine rings is 1. The molecular weight excluding hydrogens is 230 g/mol. The van der Waals surface area contributed by atoms with Crippen molar-refractivity contribution in [3.63, 3.8) is 0 Å². The molecule has 0 aromatic carbocycles. The number of hydrogen-bond acceptors (Lipinski definition) is 4. The number of nitrogens with zero attached hydrogens (tertiary/aromatic N) is 2. The Morgan fingerprint density at radius 2 is 2.39 bits per heavy atom. The van der Waals surface area contributed by atoms with Crippen LogP contribution in [0.3, 0.4) is 0 Å². The van der Waals surface area contributed by atoms with Gasteiger partial charge in [0.1, 0.15) is 5.65 Å². The van der Waals surface area contributed by atoms with Crippen LogP contribution in [0.1, 0.15) is 18.5 Å². The molecule has 0 bridgehead atoms. The predicted octanol–water partition coefficient (Wildman–Crippen LogP) is 1.38. The number of methoxy groups -OCH3 is 1. The second kappa shape index (κ2) is 6.16. The molecule has 0 aliphatic heterocycles. The molecule has 0 aliphatic rings. The fraction of sp³-hybridized carbons (Fsp3) is 0.385. The van der Waals surface area contributed by atoms with E-state index < -0.39 is 0 Å². The maximum Gasteiger partial charge on any atom is 0.305 e. The third kappa shape index (κ3) is 3.30. The Kier molecular flexibility index (Phi) is 4.30. The minimum Gasteiger partial charge on any atom is -0.469 e. The summed E-state index contributed by atoms with van der Waals surface area (Å²) < 4.78 is 6.56. The van der Waals surface area contributed by atoms with Crippen LogP contribution >= 0.6 is 0 Å². The first-order chi connectivity index (χ1) is 8.79. The lowest BCUT2D eigenvalue weighted by Gasteiger charge is -2.01. The molecule has 2 heterocycles. The van der Waals surface area contributed by atoms with Crippen molar-refractivity contribution in [1.82, 2.24) is 14.7 Å². The molecule has 2 rings (SSSR count). The van der Waals surface area contributed by atoms with Gasteiger partial charge < -0.3 is 14.5 Å². The molecule has 0 saturated carbocycles. The number of aromatic nitrogens is 2. The van der Waals surface area contributed by atoms with Gasteiger partial charge in [-0.15, -0.1) is 0 Å². The summed E-state index contributed by atoms with van der Waals surface area (Å²) in [5, 5.41) is 3.26. The Hall–Kier alpha value is -1.88. The van der Waals surface area contributed by atoms with Crippen molar-refractivity contribution in [2.24, 2.45) is 0 Å². The van der Waals surface area contributed by atoms with Crippen molar-refractivity contribution in [2.45, 2.75) is 19.4 Å². The van der Waals surface area contributed by atoms with Gasteiger partial charge in [0.2, 0.25) is 0 Å². The summed E-state index contributed by atoms with van der Waals surface area (Å²) in [6, 6.07) is 5.92. The third-order valence-corrected chi connectivity index (χ3v) is 2.68. The number of hydrogen-bond donors (Lipinski definition) is 1. The van der Waals surface area contributed by atoms with Gasteiger partial charge in [-0.1, -0.05) is 6.07 Å². The Labute approximate surface area is 106 Å². The van der Waals surface area contributed by atoms with Gasteiger partial charge in [-0.25, -0.2) is 4.98 Å². The van der Waals surface area contributed by atoms with E-state index in [-0.39, 0.29) is 5.97 Å². The van der Waals surface area contributed by atoms with Crippen LogP contribution in [0, 0.1) is 0 Å². The molecule has 2 aromatic heterocycles. The highest BCUT2D eigenvalue weighted by molar-refractivity contribution is 5.69. The van der Waals surface area contributed by atoms with E-state index in [1.54, 1.807) is 0 Å². The molecule has 18 heavy (non-hydrogen) atoms. The van der Waals surface area contributed by atoms with E-state index in [9.17, 15) is 4.79 Å². The fourth-order valence-corrected chi connectivity index (χ4v) is 1.75. The molecule has 5 nitrogen and oxygen atoms in total. The zero-order valence-corrected chi connectivity index (χ0v) is 10.4. The summed E-state index contributed by atoms with van der Waals surface area (Å²) in [6.07, 6.45) is 5.21. The summed E-state index contributed by atoms with van der Waals surface area (Å²) in [7, 11) is 1.41. The third-order valence-electron chi connectivity index (χ3n) is 2.68. The Bertz CT molecular complexity index is 489. The van der Waals surface area contributed by atoms with Crippen LogP contribution < -0.4 is 5.32 Å². The molecule has 0 unspecified atom stereocenters. The first kappa shape index (κ1) is 12.6. The number of carbonyl (C=O) groups excluding carboxylic acids is 1. The zero-order valence-electron chi connectivity index (χ0n) is 10.4. The van der Waals surface area contributed by atoms with E-state index in [0.717, 1.165) is 24.3 Å². The molecule has 0 radical (unpaired) electrons.